The Morgan fingerprint density at radius 3 is 2.17 bits per heavy atom. The van der Waals surface area contributed by atoms with E-state index in [1.165, 1.54) is 6.92 Å². The molecule has 0 aliphatic carbocycles. The Kier molecular flexibility index (Phi) is 5.16. The number of nitrogens with zero attached hydrogens (tertiary/aromatic N) is 1. The van der Waals surface area contributed by atoms with E-state index in [1.54, 1.807) is 12.1 Å². The van der Waals surface area contributed by atoms with Gasteiger partial charge < -0.3 is 0 Å². The molecule has 0 atom stereocenters. The average Bonchev–Trinajstić information content (AvgIpc) is 2.36. The van der Waals surface area contributed by atoms with E-state index in [-0.39, 0.29) is 12.3 Å². The number of sulfonamides is 1. The molecule has 0 aromatic heterocycles. The molecule has 0 amide bonds. The molecule has 0 aliphatic rings. The van der Waals surface area contributed by atoms with Crippen molar-refractivity contribution in [3.8, 4) is 0 Å². The predicted molar refractivity (Wildman–Crippen MR) is 73.5 cm³/mol. The minimum Gasteiger partial charge on any atom is -0.279 e. The molecule has 0 saturated heterocycles. The molecule has 0 bridgehead atoms. The fourth-order valence-corrected chi connectivity index (χ4v) is 2.78. The van der Waals surface area contributed by atoms with Crippen molar-refractivity contribution in [2.45, 2.75) is 20.3 Å². The highest BCUT2D eigenvalue weighted by molar-refractivity contribution is 7.92. The highest BCUT2D eigenvalue weighted by Gasteiger charge is 2.22. The third kappa shape index (κ3) is 3.71. The summed E-state index contributed by atoms with van der Waals surface area (Å²) in [6, 6.07) is 7.05. The van der Waals surface area contributed by atoms with Gasteiger partial charge in [-0.3, -0.25) is 9.10 Å². The fourth-order valence-electron chi connectivity index (χ4n) is 1.52. The summed E-state index contributed by atoms with van der Waals surface area (Å²) in [7, 11) is -3.50. The smallest absolute Gasteiger partial charge is 0.242 e. The molecule has 0 radical (unpaired) electrons. The normalized spacial score (nSPS) is 11.3. The summed E-state index contributed by atoms with van der Waals surface area (Å²) in [5.74, 6) is -0.0767. The zero-order valence-electron chi connectivity index (χ0n) is 10.4. The molecule has 0 heterocycles. The largest absolute Gasteiger partial charge is 0.279 e. The van der Waals surface area contributed by atoms with Crippen molar-refractivity contribution in [1.29, 1.82) is 0 Å². The van der Waals surface area contributed by atoms with Gasteiger partial charge in [0.15, 0.2) is 0 Å². The maximum atomic E-state index is 11.9. The van der Waals surface area contributed by atoms with Crippen LogP contribution in [0.2, 0.25) is 0 Å². The zero-order valence-corrected chi connectivity index (χ0v) is 12.0. The molecule has 4 nitrogen and oxygen atoms in total. The summed E-state index contributed by atoms with van der Waals surface area (Å²) in [5.41, 5.74) is 1.56. The van der Waals surface area contributed by atoms with Gasteiger partial charge in [-0.2, -0.15) is 0 Å². The molecule has 0 fully saturated rings. The highest BCUT2D eigenvalue weighted by atomic mass is 35.5. The van der Waals surface area contributed by atoms with Crippen LogP contribution in [0.3, 0.4) is 0 Å². The summed E-state index contributed by atoms with van der Waals surface area (Å²) in [4.78, 5) is 11.0. The summed E-state index contributed by atoms with van der Waals surface area (Å²) < 4.78 is 24.9. The predicted octanol–water partition coefficient (Wildman–Crippen LogP) is 2.17. The van der Waals surface area contributed by atoms with Crippen LogP contribution in [-0.4, -0.2) is 26.0 Å². The number of halogens is 1. The first-order chi connectivity index (χ1) is 8.40. The molecule has 0 saturated carbocycles. The monoisotopic (exact) mass is 289 g/mol. The van der Waals surface area contributed by atoms with Crippen LogP contribution in [-0.2, 0) is 21.2 Å². The van der Waals surface area contributed by atoms with Crippen molar-refractivity contribution in [1.82, 2.24) is 0 Å². The Bertz CT molecular complexity index is 511. The van der Waals surface area contributed by atoms with E-state index < -0.39 is 15.3 Å². The third-order valence-electron chi connectivity index (χ3n) is 2.60. The van der Waals surface area contributed by atoms with Crippen LogP contribution >= 0.6 is 11.6 Å². The van der Waals surface area contributed by atoms with Crippen LogP contribution < -0.4 is 4.31 Å². The average molecular weight is 290 g/mol. The zero-order chi connectivity index (χ0) is 13.8. The highest BCUT2D eigenvalue weighted by Crippen LogP contribution is 2.19. The van der Waals surface area contributed by atoms with Gasteiger partial charge in [-0.05, 0) is 42.6 Å². The molecule has 0 unspecified atom stereocenters. The van der Waals surface area contributed by atoms with E-state index in [9.17, 15) is 13.2 Å². The molecule has 1 aromatic carbocycles. The first kappa shape index (κ1) is 15.0. The number of aryl methyl sites for hydroxylation is 1. The molecule has 0 aliphatic heterocycles. The summed E-state index contributed by atoms with van der Waals surface area (Å²) in [6.07, 6.45) is 0.870. The summed E-state index contributed by atoms with van der Waals surface area (Å²) in [5, 5.41) is -0.702. The molecular weight excluding hydrogens is 274 g/mol. The lowest BCUT2D eigenvalue weighted by molar-refractivity contribution is -0.110. The minimum absolute atomic E-state index is 0.0767. The van der Waals surface area contributed by atoms with E-state index in [4.69, 9.17) is 11.6 Å². The molecule has 0 N–H and O–H groups in total. The molecule has 6 heteroatoms. The second kappa shape index (κ2) is 6.20. The van der Waals surface area contributed by atoms with Crippen molar-refractivity contribution in [3.63, 3.8) is 0 Å². The van der Waals surface area contributed by atoms with Gasteiger partial charge in [0.1, 0.15) is 6.54 Å². The van der Waals surface area contributed by atoms with Crippen molar-refractivity contribution in [2.24, 2.45) is 0 Å². The number of hydrogen-bond donors (Lipinski definition) is 0. The van der Waals surface area contributed by atoms with Gasteiger partial charge in [0.2, 0.25) is 15.3 Å². The van der Waals surface area contributed by atoms with Gasteiger partial charge in [0, 0.05) is 0 Å². The van der Waals surface area contributed by atoms with Crippen LogP contribution in [0.5, 0.6) is 0 Å². The first-order valence-electron chi connectivity index (χ1n) is 5.68. The van der Waals surface area contributed by atoms with E-state index in [1.807, 2.05) is 19.1 Å². The number of benzene rings is 1. The maximum Gasteiger partial charge on any atom is 0.242 e. The van der Waals surface area contributed by atoms with Crippen LogP contribution in [0.25, 0.3) is 0 Å². The lowest BCUT2D eigenvalue weighted by Crippen LogP contribution is -2.35. The Hall–Kier alpha value is -1.07. The van der Waals surface area contributed by atoms with Gasteiger partial charge in [-0.25, -0.2) is 8.42 Å². The second-order valence-corrected chi connectivity index (χ2v) is 6.39. The molecule has 100 valence electrons. The van der Waals surface area contributed by atoms with Gasteiger partial charge in [0.05, 0.1) is 11.4 Å². The SMILES string of the molecule is CCc1ccc(N(CC(=O)Cl)S(=O)(=O)CC)cc1. The van der Waals surface area contributed by atoms with Crippen molar-refractivity contribution < 1.29 is 13.2 Å². The Morgan fingerprint density at radius 1 is 1.22 bits per heavy atom. The van der Waals surface area contributed by atoms with E-state index in [0.717, 1.165) is 16.3 Å². The van der Waals surface area contributed by atoms with Gasteiger partial charge in [-0.1, -0.05) is 19.1 Å². The summed E-state index contributed by atoms with van der Waals surface area (Å²) in [6.45, 7) is 3.20. The molecule has 1 aromatic rings. The lowest BCUT2D eigenvalue weighted by Gasteiger charge is -2.22. The second-order valence-electron chi connectivity index (χ2n) is 3.78. The van der Waals surface area contributed by atoms with Crippen LogP contribution in [0, 0.1) is 0 Å². The number of carbonyl (C=O) groups is 1. The van der Waals surface area contributed by atoms with E-state index in [2.05, 4.69) is 0 Å². The van der Waals surface area contributed by atoms with Crippen LogP contribution in [0.15, 0.2) is 24.3 Å². The quantitative estimate of drug-likeness (QED) is 0.754. The Balaban J connectivity index is 3.13. The van der Waals surface area contributed by atoms with Crippen molar-refractivity contribution >= 4 is 32.6 Å². The number of anilines is 1. The number of carbonyl (C=O) groups excluding carboxylic acids is 1. The van der Waals surface area contributed by atoms with Gasteiger partial charge in [0.25, 0.3) is 0 Å². The number of hydrogen-bond acceptors (Lipinski definition) is 3. The van der Waals surface area contributed by atoms with Crippen LogP contribution in [0.4, 0.5) is 5.69 Å². The Labute approximate surface area is 113 Å². The lowest BCUT2D eigenvalue weighted by atomic mass is 10.1. The van der Waals surface area contributed by atoms with Crippen LogP contribution in [0.1, 0.15) is 19.4 Å². The van der Waals surface area contributed by atoms with Gasteiger partial charge in [-0.15, -0.1) is 0 Å². The maximum absolute atomic E-state index is 11.9. The number of rotatable bonds is 6. The third-order valence-corrected chi connectivity index (χ3v) is 4.46. The Morgan fingerprint density at radius 2 is 1.78 bits per heavy atom. The standard InChI is InChI=1S/C12H16ClNO3S/c1-3-10-5-7-11(8-6-10)14(9-12(13)15)18(16,17)4-2/h5-8H,3-4,9H2,1-2H3. The molecule has 0 spiro atoms. The van der Waals surface area contributed by atoms with E-state index in [0.29, 0.717) is 5.69 Å². The van der Waals surface area contributed by atoms with Crippen molar-refractivity contribution in [2.75, 3.05) is 16.6 Å². The van der Waals surface area contributed by atoms with Crippen molar-refractivity contribution in [3.05, 3.63) is 29.8 Å². The summed E-state index contributed by atoms with van der Waals surface area (Å²) >= 11 is 5.30. The molecular formula is C12H16ClNO3S. The minimum atomic E-state index is -3.50. The fraction of sp³-hybridized carbons (Fsp3) is 0.417. The van der Waals surface area contributed by atoms with Gasteiger partial charge >= 0.3 is 0 Å². The molecule has 1 rings (SSSR count). The van der Waals surface area contributed by atoms with E-state index >= 15 is 0 Å². The molecule has 18 heavy (non-hydrogen) atoms. The topological polar surface area (TPSA) is 54.5 Å². The first-order valence-corrected chi connectivity index (χ1v) is 7.67.